The summed E-state index contributed by atoms with van der Waals surface area (Å²) in [5, 5.41) is 14.2. The maximum absolute atomic E-state index is 12.8. The minimum Gasteiger partial charge on any atom is -0.391 e. The van der Waals surface area contributed by atoms with E-state index in [9.17, 15) is 9.90 Å². The fourth-order valence-electron chi connectivity index (χ4n) is 3.81. The van der Waals surface area contributed by atoms with E-state index in [4.69, 9.17) is 0 Å². The number of rotatable bonds is 4. The van der Waals surface area contributed by atoms with Crippen LogP contribution >= 0.6 is 0 Å². The SMILES string of the molecule is Cn1ccc2c(Cc3ccncc3)cc(C(=O)N[C@H]3CCCC[C@@H]3O)nc21. The Morgan fingerprint density at radius 3 is 2.81 bits per heavy atom. The molecule has 1 fully saturated rings. The summed E-state index contributed by atoms with van der Waals surface area (Å²) < 4.78 is 1.93. The van der Waals surface area contributed by atoms with Crippen LogP contribution in [0.15, 0.2) is 42.9 Å². The predicted octanol–water partition coefficient (Wildman–Crippen LogP) is 2.59. The Kier molecular flexibility index (Phi) is 4.90. The van der Waals surface area contributed by atoms with Crippen LogP contribution in [0, 0.1) is 0 Å². The van der Waals surface area contributed by atoms with E-state index in [1.165, 1.54) is 0 Å². The van der Waals surface area contributed by atoms with Gasteiger partial charge in [0.25, 0.3) is 5.91 Å². The highest BCUT2D eigenvalue weighted by atomic mass is 16.3. The lowest BCUT2D eigenvalue weighted by Gasteiger charge is -2.28. The maximum Gasteiger partial charge on any atom is 0.270 e. The van der Waals surface area contributed by atoms with Gasteiger partial charge in [0.2, 0.25) is 0 Å². The standard InChI is InChI=1S/C21H24N4O2/c1-25-11-8-16-15(12-14-6-9-22-10-7-14)13-18(23-20(16)25)21(27)24-17-4-2-3-5-19(17)26/h6-11,13,17,19,26H,2-5,12H2,1H3,(H,24,27)/t17-,19-/m0/s1. The molecule has 4 rings (SSSR count). The van der Waals surface area contributed by atoms with Crippen molar-refractivity contribution in [2.24, 2.45) is 7.05 Å². The minimum absolute atomic E-state index is 0.194. The van der Waals surface area contributed by atoms with E-state index in [1.807, 2.05) is 42.1 Å². The van der Waals surface area contributed by atoms with Crippen molar-refractivity contribution in [3.8, 4) is 0 Å². The topological polar surface area (TPSA) is 80.0 Å². The van der Waals surface area contributed by atoms with Crippen molar-refractivity contribution < 1.29 is 9.90 Å². The average Bonchev–Trinajstić information content (AvgIpc) is 3.06. The Balaban J connectivity index is 1.66. The number of aliphatic hydroxyl groups excluding tert-OH is 1. The average molecular weight is 364 g/mol. The molecule has 0 unspecified atom stereocenters. The molecule has 1 aliphatic rings. The van der Waals surface area contributed by atoms with Crippen LogP contribution in [-0.4, -0.2) is 37.7 Å². The fraction of sp³-hybridized carbons (Fsp3) is 0.381. The van der Waals surface area contributed by atoms with Gasteiger partial charge in [-0.1, -0.05) is 12.8 Å². The number of hydrogen-bond donors (Lipinski definition) is 2. The summed E-state index contributed by atoms with van der Waals surface area (Å²) in [5.41, 5.74) is 3.37. The summed E-state index contributed by atoms with van der Waals surface area (Å²) in [6.07, 6.45) is 9.33. The molecule has 6 heteroatoms. The van der Waals surface area contributed by atoms with Gasteiger partial charge in [0.1, 0.15) is 11.3 Å². The summed E-state index contributed by atoms with van der Waals surface area (Å²) in [7, 11) is 1.93. The van der Waals surface area contributed by atoms with Gasteiger partial charge in [-0.2, -0.15) is 0 Å². The zero-order chi connectivity index (χ0) is 18.8. The number of carbonyl (C=O) groups excluding carboxylic acids is 1. The van der Waals surface area contributed by atoms with E-state index in [2.05, 4.69) is 15.3 Å². The fourth-order valence-corrected chi connectivity index (χ4v) is 3.81. The van der Waals surface area contributed by atoms with Crippen molar-refractivity contribution in [1.82, 2.24) is 19.9 Å². The lowest BCUT2D eigenvalue weighted by molar-refractivity contribution is 0.0714. The number of fused-ring (bicyclic) bond motifs is 1. The van der Waals surface area contributed by atoms with E-state index in [1.54, 1.807) is 12.4 Å². The molecule has 0 radical (unpaired) electrons. The number of aryl methyl sites for hydroxylation is 1. The third kappa shape index (κ3) is 3.71. The molecule has 0 spiro atoms. The van der Waals surface area contributed by atoms with Gasteiger partial charge in [-0.25, -0.2) is 4.98 Å². The zero-order valence-corrected chi connectivity index (χ0v) is 15.4. The highest BCUT2D eigenvalue weighted by molar-refractivity contribution is 5.95. The van der Waals surface area contributed by atoms with Gasteiger partial charge in [-0.05, 0) is 54.7 Å². The van der Waals surface area contributed by atoms with Crippen LogP contribution in [0.1, 0.15) is 47.3 Å². The van der Waals surface area contributed by atoms with Crippen LogP contribution in [0.2, 0.25) is 0 Å². The molecule has 6 nitrogen and oxygen atoms in total. The normalized spacial score (nSPS) is 19.9. The highest BCUT2D eigenvalue weighted by Gasteiger charge is 2.25. The van der Waals surface area contributed by atoms with Crippen molar-refractivity contribution in [3.05, 3.63) is 59.7 Å². The molecule has 0 bridgehead atoms. The molecular formula is C21H24N4O2. The van der Waals surface area contributed by atoms with E-state index < -0.39 is 6.10 Å². The highest BCUT2D eigenvalue weighted by Crippen LogP contribution is 2.23. The van der Waals surface area contributed by atoms with Crippen molar-refractivity contribution in [2.45, 2.75) is 44.2 Å². The van der Waals surface area contributed by atoms with Gasteiger partial charge in [-0.3, -0.25) is 9.78 Å². The second kappa shape index (κ2) is 7.48. The smallest absolute Gasteiger partial charge is 0.270 e. The van der Waals surface area contributed by atoms with E-state index >= 15 is 0 Å². The van der Waals surface area contributed by atoms with Crippen molar-refractivity contribution in [2.75, 3.05) is 0 Å². The molecule has 1 amide bonds. The Hall–Kier alpha value is -2.73. The van der Waals surface area contributed by atoms with Crippen molar-refractivity contribution in [1.29, 1.82) is 0 Å². The number of amides is 1. The molecule has 0 aliphatic heterocycles. The summed E-state index contributed by atoms with van der Waals surface area (Å²) in [5.74, 6) is -0.222. The Labute approximate surface area is 158 Å². The lowest BCUT2D eigenvalue weighted by Crippen LogP contribution is -2.45. The van der Waals surface area contributed by atoms with Crippen LogP contribution in [0.4, 0.5) is 0 Å². The second-order valence-electron chi connectivity index (χ2n) is 7.29. The number of aliphatic hydroxyl groups is 1. The quantitative estimate of drug-likeness (QED) is 0.746. The van der Waals surface area contributed by atoms with Gasteiger partial charge in [0, 0.05) is 31.0 Å². The van der Waals surface area contributed by atoms with Gasteiger partial charge >= 0.3 is 0 Å². The zero-order valence-electron chi connectivity index (χ0n) is 15.4. The minimum atomic E-state index is -0.474. The molecule has 0 aromatic carbocycles. The van der Waals surface area contributed by atoms with E-state index in [0.29, 0.717) is 12.1 Å². The first-order valence-corrected chi connectivity index (χ1v) is 9.44. The third-order valence-corrected chi connectivity index (χ3v) is 5.35. The molecule has 3 aromatic heterocycles. The second-order valence-corrected chi connectivity index (χ2v) is 7.29. The molecular weight excluding hydrogens is 340 g/mol. The molecule has 1 saturated carbocycles. The molecule has 3 heterocycles. The van der Waals surface area contributed by atoms with Gasteiger partial charge in [-0.15, -0.1) is 0 Å². The van der Waals surface area contributed by atoms with Gasteiger partial charge in [0.15, 0.2) is 0 Å². The van der Waals surface area contributed by atoms with Crippen molar-refractivity contribution in [3.63, 3.8) is 0 Å². The number of nitrogens with zero attached hydrogens (tertiary/aromatic N) is 3. The van der Waals surface area contributed by atoms with Crippen LogP contribution < -0.4 is 5.32 Å². The largest absolute Gasteiger partial charge is 0.391 e. The molecule has 27 heavy (non-hydrogen) atoms. The van der Waals surface area contributed by atoms with Crippen LogP contribution in [0.5, 0.6) is 0 Å². The Bertz CT molecular complexity index is 951. The van der Waals surface area contributed by atoms with E-state index in [-0.39, 0.29) is 11.9 Å². The first-order valence-electron chi connectivity index (χ1n) is 9.44. The number of aromatic nitrogens is 3. The first-order chi connectivity index (χ1) is 13.1. The van der Waals surface area contributed by atoms with Gasteiger partial charge in [0.05, 0.1) is 12.1 Å². The number of nitrogens with one attached hydrogen (secondary N) is 1. The molecule has 1 aliphatic carbocycles. The van der Waals surface area contributed by atoms with E-state index in [0.717, 1.165) is 47.8 Å². The third-order valence-electron chi connectivity index (χ3n) is 5.35. The maximum atomic E-state index is 12.8. The Morgan fingerprint density at radius 2 is 2.04 bits per heavy atom. The Morgan fingerprint density at radius 1 is 1.26 bits per heavy atom. The van der Waals surface area contributed by atoms with Crippen LogP contribution in [0.3, 0.4) is 0 Å². The number of pyridine rings is 2. The van der Waals surface area contributed by atoms with Crippen molar-refractivity contribution >= 4 is 16.9 Å². The van der Waals surface area contributed by atoms with Gasteiger partial charge < -0.3 is 15.0 Å². The molecule has 2 atom stereocenters. The molecule has 140 valence electrons. The first kappa shape index (κ1) is 17.7. The monoisotopic (exact) mass is 364 g/mol. The predicted molar refractivity (Wildman–Crippen MR) is 103 cm³/mol. The molecule has 0 saturated heterocycles. The molecule has 3 aromatic rings. The van der Waals surface area contributed by atoms with Crippen LogP contribution in [-0.2, 0) is 13.5 Å². The molecule has 2 N–H and O–H groups in total. The van der Waals surface area contributed by atoms with Crippen LogP contribution in [0.25, 0.3) is 11.0 Å². The number of carbonyl (C=O) groups is 1. The summed E-state index contributed by atoms with van der Waals surface area (Å²) >= 11 is 0. The summed E-state index contributed by atoms with van der Waals surface area (Å²) in [4.78, 5) is 21.5. The lowest BCUT2D eigenvalue weighted by atomic mass is 9.92. The summed E-state index contributed by atoms with van der Waals surface area (Å²) in [6.45, 7) is 0. The number of hydrogen-bond acceptors (Lipinski definition) is 4. The summed E-state index contributed by atoms with van der Waals surface area (Å²) in [6, 6.07) is 7.67.